The monoisotopic (exact) mass is 400 g/mol. The van der Waals surface area contributed by atoms with Crippen molar-refractivity contribution in [3.63, 3.8) is 0 Å². The van der Waals surface area contributed by atoms with Crippen molar-refractivity contribution in [2.24, 2.45) is 0 Å². The number of carbonyl (C=O) groups is 1. The van der Waals surface area contributed by atoms with Gasteiger partial charge in [0.15, 0.2) is 0 Å². The smallest absolute Gasteiger partial charge is 0.220 e. The molecule has 0 radical (unpaired) electrons. The molecule has 0 aliphatic heterocycles. The maximum absolute atomic E-state index is 12.0. The summed E-state index contributed by atoms with van der Waals surface area (Å²) in [6, 6.07) is 17.4. The predicted octanol–water partition coefficient (Wildman–Crippen LogP) is 4.86. The van der Waals surface area contributed by atoms with Crippen LogP contribution in [0.25, 0.3) is 0 Å². The zero-order valence-corrected chi connectivity index (χ0v) is 16.4. The third-order valence-electron chi connectivity index (χ3n) is 3.89. The first-order valence-corrected chi connectivity index (χ1v) is 10.1. The Morgan fingerprint density at radius 1 is 1.11 bits per heavy atom. The van der Waals surface area contributed by atoms with Gasteiger partial charge in [-0.1, -0.05) is 41.9 Å². The molecule has 1 heterocycles. The molecule has 27 heavy (non-hydrogen) atoms. The van der Waals surface area contributed by atoms with Crippen LogP contribution in [0.3, 0.4) is 0 Å². The van der Waals surface area contributed by atoms with E-state index in [1.165, 1.54) is 5.56 Å². The summed E-state index contributed by atoms with van der Waals surface area (Å²) in [5, 5.41) is 6.65. The number of hydrogen-bond donors (Lipinski definition) is 1. The van der Waals surface area contributed by atoms with Crippen molar-refractivity contribution in [3.8, 4) is 5.75 Å². The lowest BCUT2D eigenvalue weighted by molar-refractivity contribution is -0.121. The van der Waals surface area contributed by atoms with Crippen molar-refractivity contribution in [1.29, 1.82) is 0 Å². The first kappa shape index (κ1) is 19.4. The van der Waals surface area contributed by atoms with Gasteiger partial charge in [0, 0.05) is 23.2 Å². The van der Waals surface area contributed by atoms with Crippen LogP contribution in [0.4, 0.5) is 0 Å². The number of benzene rings is 2. The summed E-state index contributed by atoms with van der Waals surface area (Å²) in [5.74, 6) is 0.764. The second kappa shape index (κ2) is 10.1. The minimum absolute atomic E-state index is 0.00677. The van der Waals surface area contributed by atoms with E-state index < -0.39 is 0 Å². The molecular weight excluding hydrogens is 380 g/mol. The SMILES string of the molecule is O=C(CCCOc1ccc(Cl)cc1)NCc1csc(Cc2ccccc2)n1. The van der Waals surface area contributed by atoms with Gasteiger partial charge >= 0.3 is 0 Å². The minimum Gasteiger partial charge on any atom is -0.494 e. The molecule has 1 amide bonds. The van der Waals surface area contributed by atoms with Crippen LogP contribution in [0.1, 0.15) is 29.1 Å². The van der Waals surface area contributed by atoms with Gasteiger partial charge in [-0.2, -0.15) is 0 Å². The summed E-state index contributed by atoms with van der Waals surface area (Å²) in [7, 11) is 0. The van der Waals surface area contributed by atoms with Gasteiger partial charge in [0.25, 0.3) is 0 Å². The van der Waals surface area contributed by atoms with Crippen LogP contribution in [-0.4, -0.2) is 17.5 Å². The summed E-state index contributed by atoms with van der Waals surface area (Å²) < 4.78 is 5.58. The number of carbonyl (C=O) groups excluding carboxylic acids is 1. The number of hydrogen-bond acceptors (Lipinski definition) is 4. The highest BCUT2D eigenvalue weighted by atomic mass is 35.5. The molecule has 3 rings (SSSR count). The maximum atomic E-state index is 12.0. The van der Waals surface area contributed by atoms with Gasteiger partial charge in [-0.05, 0) is 36.2 Å². The molecule has 0 unspecified atom stereocenters. The number of nitrogens with one attached hydrogen (secondary N) is 1. The number of halogens is 1. The number of thiazole rings is 1. The number of ether oxygens (including phenoxy) is 1. The Bertz CT molecular complexity index is 850. The number of rotatable bonds is 9. The molecular formula is C21H21ClN2O2S. The molecule has 140 valence electrons. The van der Waals surface area contributed by atoms with Gasteiger partial charge in [0.05, 0.1) is 23.9 Å². The average Bonchev–Trinajstić information content (AvgIpc) is 3.13. The van der Waals surface area contributed by atoms with Crippen molar-refractivity contribution in [1.82, 2.24) is 10.3 Å². The number of nitrogens with zero attached hydrogens (tertiary/aromatic N) is 1. The molecule has 0 aliphatic rings. The fraction of sp³-hybridized carbons (Fsp3) is 0.238. The van der Waals surface area contributed by atoms with Crippen LogP contribution in [-0.2, 0) is 17.8 Å². The Balaban J connectivity index is 1.34. The summed E-state index contributed by atoms with van der Waals surface area (Å²) in [6.07, 6.45) is 1.90. The molecule has 0 bridgehead atoms. The van der Waals surface area contributed by atoms with Crippen molar-refractivity contribution in [2.45, 2.75) is 25.8 Å². The Labute approximate surface area is 168 Å². The van der Waals surface area contributed by atoms with E-state index in [4.69, 9.17) is 16.3 Å². The second-order valence-corrected chi connectivity index (χ2v) is 7.46. The van der Waals surface area contributed by atoms with E-state index in [1.807, 2.05) is 35.7 Å². The van der Waals surface area contributed by atoms with E-state index in [0.29, 0.717) is 31.0 Å². The van der Waals surface area contributed by atoms with E-state index >= 15 is 0 Å². The lowest BCUT2D eigenvalue weighted by Gasteiger charge is -2.06. The lowest BCUT2D eigenvalue weighted by Crippen LogP contribution is -2.23. The zero-order valence-electron chi connectivity index (χ0n) is 14.9. The molecule has 0 fully saturated rings. The van der Waals surface area contributed by atoms with Crippen LogP contribution in [0, 0.1) is 0 Å². The Morgan fingerprint density at radius 2 is 1.89 bits per heavy atom. The fourth-order valence-corrected chi connectivity index (χ4v) is 3.47. The second-order valence-electron chi connectivity index (χ2n) is 6.08. The van der Waals surface area contributed by atoms with Gasteiger partial charge in [-0.15, -0.1) is 11.3 Å². The van der Waals surface area contributed by atoms with Crippen LogP contribution in [0.15, 0.2) is 60.0 Å². The highest BCUT2D eigenvalue weighted by Crippen LogP contribution is 2.16. The molecule has 1 N–H and O–H groups in total. The van der Waals surface area contributed by atoms with Gasteiger partial charge in [0.1, 0.15) is 5.75 Å². The Morgan fingerprint density at radius 3 is 2.67 bits per heavy atom. The Kier molecular flexibility index (Phi) is 7.25. The van der Waals surface area contributed by atoms with Gasteiger partial charge < -0.3 is 10.1 Å². The lowest BCUT2D eigenvalue weighted by atomic mass is 10.2. The van der Waals surface area contributed by atoms with E-state index in [9.17, 15) is 4.79 Å². The van der Waals surface area contributed by atoms with Crippen molar-refractivity contribution in [3.05, 3.63) is 81.3 Å². The van der Waals surface area contributed by atoms with Crippen molar-refractivity contribution in [2.75, 3.05) is 6.61 Å². The first-order chi connectivity index (χ1) is 13.2. The quantitative estimate of drug-likeness (QED) is 0.521. The number of aromatic nitrogens is 1. The van der Waals surface area contributed by atoms with Crippen LogP contribution in [0.2, 0.25) is 5.02 Å². The maximum Gasteiger partial charge on any atom is 0.220 e. The topological polar surface area (TPSA) is 51.2 Å². The predicted molar refractivity (Wildman–Crippen MR) is 109 cm³/mol. The summed E-state index contributed by atoms with van der Waals surface area (Å²) in [5.41, 5.74) is 2.14. The van der Waals surface area contributed by atoms with Crippen LogP contribution >= 0.6 is 22.9 Å². The largest absolute Gasteiger partial charge is 0.494 e. The summed E-state index contributed by atoms with van der Waals surface area (Å²) in [6.45, 7) is 0.954. The number of amides is 1. The van der Waals surface area contributed by atoms with Gasteiger partial charge in [0.2, 0.25) is 5.91 Å². The standard InChI is InChI=1S/C21H21ClN2O2S/c22-17-8-10-19(11-9-17)26-12-4-7-20(25)23-14-18-15-27-21(24-18)13-16-5-2-1-3-6-16/h1-3,5-6,8-11,15H,4,7,12-14H2,(H,23,25). The van der Waals surface area contributed by atoms with Crippen molar-refractivity contribution >= 4 is 28.8 Å². The molecule has 6 heteroatoms. The highest BCUT2D eigenvalue weighted by molar-refractivity contribution is 7.09. The molecule has 3 aromatic rings. The zero-order chi connectivity index (χ0) is 18.9. The van der Waals surface area contributed by atoms with Crippen LogP contribution < -0.4 is 10.1 Å². The fourth-order valence-electron chi connectivity index (χ4n) is 2.51. The molecule has 4 nitrogen and oxygen atoms in total. The normalized spacial score (nSPS) is 10.6. The first-order valence-electron chi connectivity index (χ1n) is 8.81. The summed E-state index contributed by atoms with van der Waals surface area (Å²) >= 11 is 7.45. The van der Waals surface area contributed by atoms with E-state index in [1.54, 1.807) is 23.5 Å². The molecule has 1 aromatic heterocycles. The highest BCUT2D eigenvalue weighted by Gasteiger charge is 2.06. The Hall–Kier alpha value is -2.37. The van der Waals surface area contributed by atoms with Crippen LogP contribution in [0.5, 0.6) is 5.75 Å². The molecule has 0 saturated heterocycles. The third kappa shape index (κ3) is 6.70. The molecule has 0 spiro atoms. The molecule has 0 saturated carbocycles. The van der Waals surface area contributed by atoms with E-state index in [2.05, 4.69) is 22.4 Å². The van der Waals surface area contributed by atoms with Crippen molar-refractivity contribution < 1.29 is 9.53 Å². The molecule has 2 aromatic carbocycles. The molecule has 0 aliphatic carbocycles. The average molecular weight is 401 g/mol. The third-order valence-corrected chi connectivity index (χ3v) is 5.04. The van der Waals surface area contributed by atoms with Gasteiger partial charge in [-0.3, -0.25) is 4.79 Å². The van der Waals surface area contributed by atoms with E-state index in [0.717, 1.165) is 22.9 Å². The minimum atomic E-state index is 0.00677. The van der Waals surface area contributed by atoms with E-state index in [-0.39, 0.29) is 5.91 Å². The molecule has 0 atom stereocenters. The van der Waals surface area contributed by atoms with Gasteiger partial charge in [-0.25, -0.2) is 4.98 Å². The summed E-state index contributed by atoms with van der Waals surface area (Å²) in [4.78, 5) is 16.6.